The van der Waals surface area contributed by atoms with Gasteiger partial charge in [-0.25, -0.2) is 0 Å². The lowest BCUT2D eigenvalue weighted by Crippen LogP contribution is -2.30. The maximum Gasteiger partial charge on any atom is 0.306 e. The smallest absolute Gasteiger partial charge is 0.306 e. The van der Waals surface area contributed by atoms with Gasteiger partial charge in [-0.15, -0.1) is 0 Å². The first-order valence-electron chi connectivity index (χ1n) is 31.6. The van der Waals surface area contributed by atoms with Gasteiger partial charge in [-0.3, -0.25) is 14.4 Å². The van der Waals surface area contributed by atoms with Crippen LogP contribution in [0.1, 0.15) is 310 Å². The third kappa shape index (κ3) is 59.5. The van der Waals surface area contributed by atoms with E-state index in [2.05, 4.69) is 106 Å². The number of unbranched alkanes of at least 4 members (excludes halogenated alkanes) is 32. The molecular weight excluding hydrogens is 913 g/mol. The lowest BCUT2D eigenvalue weighted by atomic mass is 10.0. The van der Waals surface area contributed by atoms with E-state index in [1.807, 2.05) is 0 Å². The molecule has 74 heavy (non-hydrogen) atoms. The quantitative estimate of drug-likeness (QED) is 0.0261. The van der Waals surface area contributed by atoms with Crippen LogP contribution >= 0.6 is 0 Å². The molecule has 1 unspecified atom stereocenters. The molecule has 0 aliphatic rings. The minimum Gasteiger partial charge on any atom is -0.462 e. The van der Waals surface area contributed by atoms with Gasteiger partial charge in [0.2, 0.25) is 0 Å². The zero-order chi connectivity index (χ0) is 53.6. The summed E-state index contributed by atoms with van der Waals surface area (Å²) in [5.74, 6) is -0.901. The summed E-state index contributed by atoms with van der Waals surface area (Å²) >= 11 is 0. The van der Waals surface area contributed by atoms with Gasteiger partial charge >= 0.3 is 17.9 Å². The Balaban J connectivity index is 4.20. The summed E-state index contributed by atoms with van der Waals surface area (Å²) < 4.78 is 16.9. The van der Waals surface area contributed by atoms with Crippen LogP contribution in [0.5, 0.6) is 0 Å². The Bertz CT molecular complexity index is 1420. The van der Waals surface area contributed by atoms with Crippen LogP contribution in [0.3, 0.4) is 0 Å². The molecule has 0 rings (SSSR count). The SMILES string of the molecule is CC/C=C\C/C=C\C/C=C\C/C=C\CCCCCCC(=O)OC(COC(=O)CCCCCCCCCCCC)COC(=O)CCCCCCCCCCCCCCCC/C=C\C/C=C\C/C=C\CCCCCCC. The molecule has 0 heterocycles. The molecule has 6 heteroatoms. The summed E-state index contributed by atoms with van der Waals surface area (Å²) in [5, 5.41) is 0. The summed E-state index contributed by atoms with van der Waals surface area (Å²) in [6.07, 6.45) is 81.7. The minimum atomic E-state index is -0.788. The Morgan fingerprint density at radius 2 is 0.527 bits per heavy atom. The fourth-order valence-electron chi connectivity index (χ4n) is 8.91. The predicted molar refractivity (Wildman–Crippen MR) is 321 cm³/mol. The van der Waals surface area contributed by atoms with Crippen molar-refractivity contribution in [1.82, 2.24) is 0 Å². The van der Waals surface area contributed by atoms with Crippen molar-refractivity contribution >= 4 is 17.9 Å². The molecule has 6 nitrogen and oxygen atoms in total. The first-order chi connectivity index (χ1) is 36.5. The first-order valence-corrected chi connectivity index (χ1v) is 31.6. The summed E-state index contributed by atoms with van der Waals surface area (Å²) in [6, 6.07) is 0. The Morgan fingerprint density at radius 1 is 0.284 bits per heavy atom. The first kappa shape index (κ1) is 70.6. The Kier molecular flexibility index (Phi) is 59.3. The molecule has 0 fully saturated rings. The molecule has 0 aromatic carbocycles. The van der Waals surface area contributed by atoms with Crippen molar-refractivity contribution in [2.24, 2.45) is 0 Å². The Hall–Kier alpha value is -3.41. The maximum atomic E-state index is 12.9. The summed E-state index contributed by atoms with van der Waals surface area (Å²) in [7, 11) is 0. The van der Waals surface area contributed by atoms with Crippen molar-refractivity contribution in [3.63, 3.8) is 0 Å². The molecule has 0 amide bonds. The predicted octanol–water partition coefficient (Wildman–Crippen LogP) is 21.5. The second kappa shape index (κ2) is 62.1. The van der Waals surface area contributed by atoms with Crippen molar-refractivity contribution in [3.05, 3.63) is 85.1 Å². The zero-order valence-corrected chi connectivity index (χ0v) is 48.8. The highest BCUT2D eigenvalue weighted by molar-refractivity contribution is 5.71. The molecule has 0 aromatic heterocycles. The van der Waals surface area contributed by atoms with Crippen LogP contribution in [-0.2, 0) is 28.6 Å². The van der Waals surface area contributed by atoms with Crippen molar-refractivity contribution in [2.45, 2.75) is 316 Å². The summed E-state index contributed by atoms with van der Waals surface area (Å²) in [6.45, 7) is 6.50. The van der Waals surface area contributed by atoms with Crippen molar-refractivity contribution in [3.8, 4) is 0 Å². The van der Waals surface area contributed by atoms with E-state index in [9.17, 15) is 14.4 Å². The topological polar surface area (TPSA) is 78.9 Å². The number of hydrogen-bond donors (Lipinski definition) is 0. The van der Waals surface area contributed by atoms with E-state index in [1.165, 1.54) is 161 Å². The van der Waals surface area contributed by atoms with Gasteiger partial charge in [0.15, 0.2) is 6.10 Å². The highest BCUT2D eigenvalue weighted by Crippen LogP contribution is 2.16. The van der Waals surface area contributed by atoms with Crippen LogP contribution < -0.4 is 0 Å². The van der Waals surface area contributed by atoms with E-state index in [1.54, 1.807) is 0 Å². The standard InChI is InChI=1S/C68H118O6/c1-4-7-10-13-16-19-22-24-26-28-29-30-31-32-33-34-35-36-37-38-39-41-42-44-46-49-52-55-58-61-67(70)73-64-65(63-72-66(69)60-57-54-51-48-21-18-15-12-9-6-3)74-68(71)62-59-56-53-50-47-45-43-40-27-25-23-20-17-14-11-8-5-2/h8,11,17,20,22,24-25,27-29,31-32,43,45,65H,4-7,9-10,12-16,18-19,21,23,26,30,33-42,44,46-64H2,1-3H3/b11-8-,20-17-,24-22-,27-25-,29-28-,32-31-,45-43-. The van der Waals surface area contributed by atoms with Gasteiger partial charge < -0.3 is 14.2 Å². The maximum absolute atomic E-state index is 12.9. The fourth-order valence-corrected chi connectivity index (χ4v) is 8.91. The molecule has 0 aliphatic carbocycles. The van der Waals surface area contributed by atoms with Crippen LogP contribution in [0.4, 0.5) is 0 Å². The van der Waals surface area contributed by atoms with Gasteiger partial charge in [-0.2, -0.15) is 0 Å². The molecule has 0 aromatic rings. The zero-order valence-electron chi connectivity index (χ0n) is 48.8. The van der Waals surface area contributed by atoms with E-state index in [-0.39, 0.29) is 31.1 Å². The number of esters is 3. The average Bonchev–Trinajstić information content (AvgIpc) is 3.40. The van der Waals surface area contributed by atoms with E-state index < -0.39 is 6.10 Å². The number of allylic oxidation sites excluding steroid dienone is 14. The fraction of sp³-hybridized carbons (Fsp3) is 0.750. The highest BCUT2D eigenvalue weighted by Gasteiger charge is 2.19. The van der Waals surface area contributed by atoms with Gasteiger partial charge in [0.1, 0.15) is 13.2 Å². The highest BCUT2D eigenvalue weighted by atomic mass is 16.6. The Morgan fingerprint density at radius 3 is 0.824 bits per heavy atom. The lowest BCUT2D eigenvalue weighted by molar-refractivity contribution is -0.167. The second-order valence-corrected chi connectivity index (χ2v) is 20.9. The molecule has 0 N–H and O–H groups in total. The third-order valence-corrected chi connectivity index (χ3v) is 13.6. The minimum absolute atomic E-state index is 0.0840. The summed E-state index contributed by atoms with van der Waals surface area (Å²) in [5.41, 5.74) is 0. The third-order valence-electron chi connectivity index (χ3n) is 13.6. The van der Waals surface area contributed by atoms with E-state index >= 15 is 0 Å². The Labute approximate surface area is 458 Å². The van der Waals surface area contributed by atoms with Crippen molar-refractivity contribution in [1.29, 1.82) is 0 Å². The van der Waals surface area contributed by atoms with Crippen LogP contribution in [-0.4, -0.2) is 37.2 Å². The molecule has 0 saturated carbocycles. The summed E-state index contributed by atoms with van der Waals surface area (Å²) in [4.78, 5) is 38.2. The van der Waals surface area contributed by atoms with E-state index in [4.69, 9.17) is 14.2 Å². The van der Waals surface area contributed by atoms with Gasteiger partial charge in [0.25, 0.3) is 0 Å². The van der Waals surface area contributed by atoms with E-state index in [0.29, 0.717) is 19.3 Å². The lowest BCUT2D eigenvalue weighted by Gasteiger charge is -2.18. The number of carbonyl (C=O) groups is 3. The van der Waals surface area contributed by atoms with Crippen LogP contribution in [0.15, 0.2) is 85.1 Å². The van der Waals surface area contributed by atoms with Crippen molar-refractivity contribution in [2.75, 3.05) is 13.2 Å². The molecule has 0 spiro atoms. The molecule has 0 saturated heterocycles. The average molecular weight is 1030 g/mol. The van der Waals surface area contributed by atoms with Crippen LogP contribution in [0.2, 0.25) is 0 Å². The van der Waals surface area contributed by atoms with Crippen molar-refractivity contribution < 1.29 is 28.6 Å². The van der Waals surface area contributed by atoms with Gasteiger partial charge in [0, 0.05) is 19.3 Å². The largest absolute Gasteiger partial charge is 0.462 e. The molecule has 0 bridgehead atoms. The molecule has 0 radical (unpaired) electrons. The van der Waals surface area contributed by atoms with Gasteiger partial charge in [0.05, 0.1) is 0 Å². The molecule has 426 valence electrons. The monoisotopic (exact) mass is 1030 g/mol. The number of ether oxygens (including phenoxy) is 3. The molecular formula is C68H118O6. The molecule has 1 atom stereocenters. The number of carbonyl (C=O) groups excluding carboxylic acids is 3. The van der Waals surface area contributed by atoms with Gasteiger partial charge in [-0.1, -0.05) is 279 Å². The van der Waals surface area contributed by atoms with E-state index in [0.717, 1.165) is 109 Å². The molecule has 0 aliphatic heterocycles. The van der Waals surface area contributed by atoms with Crippen LogP contribution in [0, 0.1) is 0 Å². The second-order valence-electron chi connectivity index (χ2n) is 20.9. The number of hydrogen-bond acceptors (Lipinski definition) is 6. The number of rotatable bonds is 57. The van der Waals surface area contributed by atoms with Gasteiger partial charge in [-0.05, 0) is 96.3 Å². The normalized spacial score (nSPS) is 12.6. The van der Waals surface area contributed by atoms with Crippen LogP contribution in [0.25, 0.3) is 0 Å².